The van der Waals surface area contributed by atoms with Crippen LogP contribution >= 0.6 is 11.8 Å². The maximum absolute atomic E-state index is 11.6. The summed E-state index contributed by atoms with van der Waals surface area (Å²) >= 11 is 1.29. The topological polar surface area (TPSA) is 62.1 Å². The Kier molecular flexibility index (Phi) is 5.68. The van der Waals surface area contributed by atoms with E-state index < -0.39 is 0 Å². The van der Waals surface area contributed by atoms with Crippen molar-refractivity contribution in [3.63, 3.8) is 0 Å². The Morgan fingerprint density at radius 3 is 2.43 bits per heavy atom. The number of nitrogens with zero attached hydrogens (tertiary/aromatic N) is 1. The SMILES string of the molecule is N#CCSCC(=O)Nc1ccc(Oc2ccccc2)cc1. The molecule has 0 aliphatic carbocycles. The van der Waals surface area contributed by atoms with Crippen molar-refractivity contribution in [2.24, 2.45) is 0 Å². The summed E-state index contributed by atoms with van der Waals surface area (Å²) in [6.07, 6.45) is 0. The van der Waals surface area contributed by atoms with Crippen LogP contribution in [0.1, 0.15) is 0 Å². The van der Waals surface area contributed by atoms with Crippen LogP contribution in [0.15, 0.2) is 54.6 Å². The van der Waals surface area contributed by atoms with Crippen LogP contribution in [0.4, 0.5) is 5.69 Å². The van der Waals surface area contributed by atoms with Crippen molar-refractivity contribution in [1.82, 2.24) is 0 Å². The number of hydrogen-bond donors (Lipinski definition) is 1. The molecule has 2 rings (SSSR count). The predicted molar refractivity (Wildman–Crippen MR) is 84.5 cm³/mol. The van der Waals surface area contributed by atoms with Crippen LogP contribution in [0.5, 0.6) is 11.5 Å². The van der Waals surface area contributed by atoms with Crippen LogP contribution in [0.3, 0.4) is 0 Å². The van der Waals surface area contributed by atoms with Gasteiger partial charge in [-0.3, -0.25) is 4.79 Å². The fourth-order valence-corrected chi connectivity index (χ4v) is 2.07. The van der Waals surface area contributed by atoms with Gasteiger partial charge in [-0.05, 0) is 36.4 Å². The molecule has 0 bridgehead atoms. The van der Waals surface area contributed by atoms with Gasteiger partial charge in [-0.2, -0.15) is 5.26 Å². The van der Waals surface area contributed by atoms with E-state index in [1.807, 2.05) is 36.4 Å². The first-order chi connectivity index (χ1) is 10.3. The Balaban J connectivity index is 1.87. The fourth-order valence-electron chi connectivity index (χ4n) is 1.62. The van der Waals surface area contributed by atoms with E-state index in [0.29, 0.717) is 17.2 Å². The number of carbonyl (C=O) groups is 1. The number of benzene rings is 2. The van der Waals surface area contributed by atoms with Gasteiger partial charge in [-0.25, -0.2) is 0 Å². The molecule has 5 heteroatoms. The summed E-state index contributed by atoms with van der Waals surface area (Å²) in [6.45, 7) is 0. The van der Waals surface area contributed by atoms with Gasteiger partial charge in [0.05, 0.1) is 17.6 Å². The van der Waals surface area contributed by atoms with Crippen molar-refractivity contribution < 1.29 is 9.53 Å². The zero-order chi connectivity index (χ0) is 14.9. The smallest absolute Gasteiger partial charge is 0.234 e. The Hall–Kier alpha value is -2.45. The standard InChI is InChI=1S/C16H14N2O2S/c17-10-11-21-12-16(19)18-13-6-8-15(9-7-13)20-14-4-2-1-3-5-14/h1-9H,11-12H2,(H,18,19). The van der Waals surface area contributed by atoms with Gasteiger partial charge in [-0.1, -0.05) is 18.2 Å². The second-order valence-electron chi connectivity index (χ2n) is 4.14. The normalized spacial score (nSPS) is 9.67. The molecule has 0 aliphatic heterocycles. The summed E-state index contributed by atoms with van der Waals surface area (Å²) in [4.78, 5) is 11.6. The molecular weight excluding hydrogens is 284 g/mol. The highest BCUT2D eigenvalue weighted by Gasteiger charge is 2.03. The van der Waals surface area contributed by atoms with Gasteiger partial charge in [0.1, 0.15) is 11.5 Å². The zero-order valence-corrected chi connectivity index (χ0v) is 12.1. The monoisotopic (exact) mass is 298 g/mol. The number of para-hydroxylation sites is 1. The molecule has 0 heterocycles. The van der Waals surface area contributed by atoms with Gasteiger partial charge >= 0.3 is 0 Å². The third-order valence-electron chi connectivity index (χ3n) is 2.52. The summed E-state index contributed by atoms with van der Waals surface area (Å²) in [5.41, 5.74) is 0.706. The molecule has 2 aromatic rings. The molecule has 0 spiro atoms. The summed E-state index contributed by atoms with van der Waals surface area (Å²) in [7, 11) is 0. The summed E-state index contributed by atoms with van der Waals surface area (Å²) in [5, 5.41) is 11.2. The molecule has 4 nitrogen and oxygen atoms in total. The molecule has 2 aromatic carbocycles. The molecule has 0 aliphatic rings. The number of nitriles is 1. The van der Waals surface area contributed by atoms with Crippen molar-refractivity contribution in [2.75, 3.05) is 16.8 Å². The quantitative estimate of drug-likeness (QED) is 0.826. The summed E-state index contributed by atoms with van der Waals surface area (Å²) in [5.74, 6) is 1.94. The Labute approximate surface area is 127 Å². The molecule has 1 amide bonds. The van der Waals surface area contributed by atoms with Crippen molar-refractivity contribution in [3.8, 4) is 17.6 Å². The third kappa shape index (κ3) is 5.21. The number of ether oxygens (including phenoxy) is 1. The van der Waals surface area contributed by atoms with Gasteiger partial charge in [0, 0.05) is 5.69 Å². The van der Waals surface area contributed by atoms with E-state index in [9.17, 15) is 4.79 Å². The van der Waals surface area contributed by atoms with Crippen molar-refractivity contribution >= 4 is 23.4 Å². The van der Waals surface area contributed by atoms with E-state index in [1.165, 1.54) is 11.8 Å². The zero-order valence-electron chi connectivity index (χ0n) is 11.3. The lowest BCUT2D eigenvalue weighted by Crippen LogP contribution is -2.14. The van der Waals surface area contributed by atoms with Crippen LogP contribution < -0.4 is 10.1 Å². The highest BCUT2D eigenvalue weighted by Crippen LogP contribution is 2.22. The second-order valence-corrected chi connectivity index (χ2v) is 5.12. The summed E-state index contributed by atoms with van der Waals surface area (Å²) < 4.78 is 5.66. The minimum absolute atomic E-state index is 0.119. The van der Waals surface area contributed by atoms with Crippen molar-refractivity contribution in [1.29, 1.82) is 5.26 Å². The molecule has 0 radical (unpaired) electrons. The highest BCUT2D eigenvalue weighted by molar-refractivity contribution is 8.00. The Bertz CT molecular complexity index is 621. The Morgan fingerprint density at radius 1 is 1.10 bits per heavy atom. The number of nitrogens with one attached hydrogen (secondary N) is 1. The number of anilines is 1. The molecule has 1 N–H and O–H groups in total. The molecule has 0 saturated carbocycles. The van der Waals surface area contributed by atoms with E-state index in [-0.39, 0.29) is 11.7 Å². The Morgan fingerprint density at radius 2 is 1.76 bits per heavy atom. The van der Waals surface area contributed by atoms with Crippen LogP contribution in [-0.4, -0.2) is 17.4 Å². The van der Waals surface area contributed by atoms with Gasteiger partial charge in [0.25, 0.3) is 0 Å². The maximum atomic E-state index is 11.6. The molecule has 0 saturated heterocycles. The van der Waals surface area contributed by atoms with Gasteiger partial charge in [0.2, 0.25) is 5.91 Å². The number of rotatable bonds is 6. The van der Waals surface area contributed by atoms with Crippen LogP contribution in [-0.2, 0) is 4.79 Å². The molecule has 21 heavy (non-hydrogen) atoms. The van der Waals surface area contributed by atoms with Crippen molar-refractivity contribution in [2.45, 2.75) is 0 Å². The average molecular weight is 298 g/mol. The molecule has 0 atom stereocenters. The number of carbonyl (C=O) groups excluding carboxylic acids is 1. The van der Waals surface area contributed by atoms with E-state index in [1.54, 1.807) is 24.3 Å². The lowest BCUT2D eigenvalue weighted by molar-refractivity contribution is -0.113. The lowest BCUT2D eigenvalue weighted by Gasteiger charge is -2.07. The highest BCUT2D eigenvalue weighted by atomic mass is 32.2. The number of thioether (sulfide) groups is 1. The van der Waals surface area contributed by atoms with Gasteiger partial charge in [0.15, 0.2) is 0 Å². The molecule has 106 valence electrons. The maximum Gasteiger partial charge on any atom is 0.234 e. The molecule has 0 fully saturated rings. The lowest BCUT2D eigenvalue weighted by atomic mass is 10.3. The average Bonchev–Trinajstić information content (AvgIpc) is 2.51. The van der Waals surface area contributed by atoms with Gasteiger partial charge < -0.3 is 10.1 Å². The summed E-state index contributed by atoms with van der Waals surface area (Å²) in [6, 6.07) is 18.6. The van der Waals surface area contributed by atoms with E-state index in [4.69, 9.17) is 10.00 Å². The van der Waals surface area contributed by atoms with E-state index >= 15 is 0 Å². The van der Waals surface area contributed by atoms with Crippen molar-refractivity contribution in [3.05, 3.63) is 54.6 Å². The van der Waals surface area contributed by atoms with Crippen LogP contribution in [0.25, 0.3) is 0 Å². The molecule has 0 unspecified atom stereocenters. The number of hydrogen-bond acceptors (Lipinski definition) is 4. The van der Waals surface area contributed by atoms with E-state index in [0.717, 1.165) is 5.75 Å². The first-order valence-electron chi connectivity index (χ1n) is 6.35. The minimum Gasteiger partial charge on any atom is -0.457 e. The first-order valence-corrected chi connectivity index (χ1v) is 7.51. The van der Waals surface area contributed by atoms with Gasteiger partial charge in [-0.15, -0.1) is 11.8 Å². The number of amides is 1. The largest absolute Gasteiger partial charge is 0.457 e. The molecule has 0 aromatic heterocycles. The second kappa shape index (κ2) is 7.98. The van der Waals surface area contributed by atoms with Crippen LogP contribution in [0.2, 0.25) is 0 Å². The fraction of sp³-hybridized carbons (Fsp3) is 0.125. The minimum atomic E-state index is -0.119. The predicted octanol–water partition coefficient (Wildman–Crippen LogP) is 3.67. The first kappa shape index (κ1) is 14.9. The van der Waals surface area contributed by atoms with E-state index in [2.05, 4.69) is 5.32 Å². The van der Waals surface area contributed by atoms with Crippen LogP contribution in [0, 0.1) is 11.3 Å². The molecular formula is C16H14N2O2S. The third-order valence-corrected chi connectivity index (χ3v) is 3.32.